The molecule has 0 amide bonds. The highest BCUT2D eigenvalue weighted by atomic mass is 35.5. The molecule has 1 saturated carbocycles. The van der Waals surface area contributed by atoms with Crippen LogP contribution in [0.4, 0.5) is 0 Å². The van der Waals surface area contributed by atoms with Gasteiger partial charge in [-0.1, -0.05) is 29.8 Å². The first-order valence-electron chi connectivity index (χ1n) is 6.77. The van der Waals surface area contributed by atoms with Crippen molar-refractivity contribution < 1.29 is 4.74 Å². The van der Waals surface area contributed by atoms with Crippen molar-refractivity contribution in [2.45, 2.75) is 24.9 Å². The summed E-state index contributed by atoms with van der Waals surface area (Å²) in [5.41, 5.74) is 7.15. The minimum absolute atomic E-state index is 0.0616. The SMILES string of the molecule is COCC(CN)(C1CC1)N(C)Cc1ccccc1Cl. The fourth-order valence-electron chi connectivity index (χ4n) is 2.83. The number of hydrogen-bond donors (Lipinski definition) is 1. The first-order chi connectivity index (χ1) is 9.14. The van der Waals surface area contributed by atoms with E-state index in [0.29, 0.717) is 19.1 Å². The fourth-order valence-corrected chi connectivity index (χ4v) is 3.03. The Morgan fingerprint density at radius 2 is 2.11 bits per heavy atom. The van der Waals surface area contributed by atoms with Crippen molar-refractivity contribution in [3.05, 3.63) is 34.9 Å². The molecule has 1 atom stereocenters. The van der Waals surface area contributed by atoms with Crippen molar-refractivity contribution in [3.8, 4) is 0 Å². The second-order valence-electron chi connectivity index (χ2n) is 5.46. The summed E-state index contributed by atoms with van der Waals surface area (Å²) >= 11 is 6.24. The molecule has 1 aromatic rings. The van der Waals surface area contributed by atoms with Gasteiger partial charge in [-0.2, -0.15) is 0 Å². The van der Waals surface area contributed by atoms with E-state index in [1.54, 1.807) is 7.11 Å². The predicted molar refractivity (Wildman–Crippen MR) is 79.3 cm³/mol. The van der Waals surface area contributed by atoms with Gasteiger partial charge in [0.2, 0.25) is 0 Å². The molecule has 0 aromatic heterocycles. The van der Waals surface area contributed by atoms with Crippen LogP contribution in [0.5, 0.6) is 0 Å². The average Bonchev–Trinajstić information content (AvgIpc) is 3.23. The van der Waals surface area contributed by atoms with Crippen LogP contribution < -0.4 is 5.73 Å². The van der Waals surface area contributed by atoms with Crippen molar-refractivity contribution in [2.24, 2.45) is 11.7 Å². The molecule has 0 radical (unpaired) electrons. The van der Waals surface area contributed by atoms with Crippen molar-refractivity contribution in [1.82, 2.24) is 4.90 Å². The molecule has 1 unspecified atom stereocenters. The van der Waals surface area contributed by atoms with Gasteiger partial charge in [0.1, 0.15) is 0 Å². The Balaban J connectivity index is 2.15. The zero-order valence-electron chi connectivity index (χ0n) is 11.7. The van der Waals surface area contributed by atoms with Crippen LogP contribution in [0.2, 0.25) is 5.02 Å². The zero-order valence-corrected chi connectivity index (χ0v) is 12.5. The van der Waals surface area contributed by atoms with Crippen molar-refractivity contribution in [3.63, 3.8) is 0 Å². The molecule has 0 spiro atoms. The van der Waals surface area contributed by atoms with Crippen LogP contribution in [-0.4, -0.2) is 37.7 Å². The molecular formula is C15H23ClN2O. The Hall–Kier alpha value is -0.610. The van der Waals surface area contributed by atoms with Gasteiger partial charge in [-0.05, 0) is 37.4 Å². The molecular weight excluding hydrogens is 260 g/mol. The van der Waals surface area contributed by atoms with Gasteiger partial charge in [-0.3, -0.25) is 4.90 Å². The summed E-state index contributed by atoms with van der Waals surface area (Å²) in [6.45, 7) is 2.10. The van der Waals surface area contributed by atoms with Crippen molar-refractivity contribution >= 4 is 11.6 Å². The van der Waals surface area contributed by atoms with Crippen LogP contribution in [0.1, 0.15) is 18.4 Å². The van der Waals surface area contributed by atoms with Crippen LogP contribution in [-0.2, 0) is 11.3 Å². The van der Waals surface area contributed by atoms with Gasteiger partial charge in [-0.15, -0.1) is 0 Å². The van der Waals surface area contributed by atoms with Crippen molar-refractivity contribution in [2.75, 3.05) is 27.3 Å². The third-order valence-corrected chi connectivity index (χ3v) is 4.58. The summed E-state index contributed by atoms with van der Waals surface area (Å²) < 4.78 is 5.43. The monoisotopic (exact) mass is 282 g/mol. The maximum atomic E-state index is 6.24. The molecule has 1 aromatic carbocycles. The lowest BCUT2D eigenvalue weighted by Gasteiger charge is -2.41. The van der Waals surface area contributed by atoms with E-state index in [1.807, 2.05) is 18.2 Å². The zero-order chi connectivity index (χ0) is 13.9. The maximum Gasteiger partial charge on any atom is 0.0661 e. The molecule has 1 fully saturated rings. The number of ether oxygens (including phenoxy) is 1. The van der Waals surface area contributed by atoms with Gasteiger partial charge in [0.15, 0.2) is 0 Å². The number of likely N-dealkylation sites (N-methyl/N-ethyl adjacent to an activating group) is 1. The van der Waals surface area contributed by atoms with E-state index in [9.17, 15) is 0 Å². The van der Waals surface area contributed by atoms with Gasteiger partial charge < -0.3 is 10.5 Å². The summed E-state index contributed by atoms with van der Waals surface area (Å²) in [7, 11) is 3.86. The van der Waals surface area contributed by atoms with Crippen LogP contribution in [0.15, 0.2) is 24.3 Å². The maximum absolute atomic E-state index is 6.24. The largest absolute Gasteiger partial charge is 0.383 e. The van der Waals surface area contributed by atoms with E-state index < -0.39 is 0 Å². The first kappa shape index (κ1) is 14.8. The molecule has 0 saturated heterocycles. The van der Waals surface area contributed by atoms with Crippen LogP contribution >= 0.6 is 11.6 Å². The Morgan fingerprint density at radius 1 is 1.42 bits per heavy atom. The van der Waals surface area contributed by atoms with E-state index in [-0.39, 0.29) is 5.54 Å². The standard InChI is InChI=1S/C15H23ClN2O/c1-18(9-12-5-3-4-6-14(12)16)15(10-17,11-19-2)13-7-8-13/h3-6,13H,7-11,17H2,1-2H3. The topological polar surface area (TPSA) is 38.5 Å². The number of hydrogen-bond acceptors (Lipinski definition) is 3. The van der Waals surface area contributed by atoms with E-state index in [2.05, 4.69) is 18.0 Å². The summed E-state index contributed by atoms with van der Waals surface area (Å²) in [5, 5.41) is 0.813. The second kappa shape index (κ2) is 6.23. The predicted octanol–water partition coefficient (Wildman–Crippen LogP) is 2.53. The third kappa shape index (κ3) is 3.11. The minimum atomic E-state index is -0.0616. The molecule has 0 bridgehead atoms. The second-order valence-corrected chi connectivity index (χ2v) is 5.87. The Morgan fingerprint density at radius 3 is 2.63 bits per heavy atom. The lowest BCUT2D eigenvalue weighted by molar-refractivity contribution is 0.0104. The van der Waals surface area contributed by atoms with Gasteiger partial charge in [0, 0.05) is 25.2 Å². The molecule has 0 aliphatic heterocycles. The highest BCUT2D eigenvalue weighted by molar-refractivity contribution is 6.31. The number of nitrogens with two attached hydrogens (primary N) is 1. The highest BCUT2D eigenvalue weighted by Gasteiger charge is 2.47. The Kier molecular flexibility index (Phi) is 4.85. The Bertz CT molecular complexity index is 422. The third-order valence-electron chi connectivity index (χ3n) is 4.21. The Labute approximate surface area is 120 Å². The van der Waals surface area contributed by atoms with E-state index in [1.165, 1.54) is 12.8 Å². The van der Waals surface area contributed by atoms with Gasteiger partial charge >= 0.3 is 0 Å². The van der Waals surface area contributed by atoms with Crippen molar-refractivity contribution in [1.29, 1.82) is 0 Å². The quantitative estimate of drug-likeness (QED) is 0.835. The number of methoxy groups -OCH3 is 1. The summed E-state index contributed by atoms with van der Waals surface area (Å²) in [6, 6.07) is 7.98. The number of nitrogens with zero attached hydrogens (tertiary/aromatic N) is 1. The van der Waals surface area contributed by atoms with Gasteiger partial charge in [0.25, 0.3) is 0 Å². The van der Waals surface area contributed by atoms with Crippen LogP contribution in [0.25, 0.3) is 0 Å². The molecule has 4 heteroatoms. The van der Waals surface area contributed by atoms with E-state index in [4.69, 9.17) is 22.1 Å². The first-order valence-corrected chi connectivity index (χ1v) is 7.15. The lowest BCUT2D eigenvalue weighted by Crippen LogP contribution is -2.56. The summed E-state index contributed by atoms with van der Waals surface area (Å²) in [6.07, 6.45) is 2.49. The molecule has 106 valence electrons. The molecule has 1 aliphatic carbocycles. The summed E-state index contributed by atoms with van der Waals surface area (Å²) in [4.78, 5) is 2.31. The van der Waals surface area contributed by atoms with Crippen LogP contribution in [0, 0.1) is 5.92 Å². The number of benzene rings is 1. The summed E-state index contributed by atoms with van der Waals surface area (Å²) in [5.74, 6) is 0.643. The lowest BCUT2D eigenvalue weighted by atomic mass is 9.91. The number of halogens is 1. The molecule has 2 rings (SSSR count). The molecule has 1 aliphatic rings. The fraction of sp³-hybridized carbons (Fsp3) is 0.600. The normalized spacial score (nSPS) is 18.6. The average molecular weight is 283 g/mol. The van der Waals surface area contributed by atoms with Gasteiger partial charge in [-0.25, -0.2) is 0 Å². The van der Waals surface area contributed by atoms with E-state index >= 15 is 0 Å². The van der Waals surface area contributed by atoms with Crippen LogP contribution in [0.3, 0.4) is 0 Å². The molecule has 3 nitrogen and oxygen atoms in total. The van der Waals surface area contributed by atoms with Gasteiger partial charge in [0.05, 0.1) is 12.1 Å². The molecule has 0 heterocycles. The highest BCUT2D eigenvalue weighted by Crippen LogP contribution is 2.43. The smallest absolute Gasteiger partial charge is 0.0661 e. The molecule has 19 heavy (non-hydrogen) atoms. The number of rotatable bonds is 7. The molecule has 2 N–H and O–H groups in total. The van der Waals surface area contributed by atoms with E-state index in [0.717, 1.165) is 17.1 Å². The minimum Gasteiger partial charge on any atom is -0.383 e.